The summed E-state index contributed by atoms with van der Waals surface area (Å²) in [6, 6.07) is 5.21. The fraction of sp³-hybridized carbons (Fsp3) is 0.0769. The molecule has 0 saturated carbocycles. The van der Waals surface area contributed by atoms with Crippen LogP contribution in [0.2, 0.25) is 5.02 Å². The zero-order valence-electron chi connectivity index (χ0n) is 11.1. The quantitative estimate of drug-likeness (QED) is 0.675. The molecule has 0 aliphatic heterocycles. The van der Waals surface area contributed by atoms with E-state index in [0.29, 0.717) is 6.07 Å². The molecule has 1 aromatic carbocycles. The van der Waals surface area contributed by atoms with Crippen LogP contribution in [-0.4, -0.2) is 15.8 Å². The molecule has 6 nitrogen and oxygen atoms in total. The van der Waals surface area contributed by atoms with E-state index in [9.17, 15) is 28.1 Å². The van der Waals surface area contributed by atoms with Crippen LogP contribution in [-0.2, 0) is 6.18 Å². The number of benzene rings is 1. The number of hydrogen-bond acceptors (Lipinski definition) is 4. The van der Waals surface area contributed by atoms with E-state index in [4.69, 9.17) is 11.6 Å². The lowest BCUT2D eigenvalue weighted by Crippen LogP contribution is -2.14. The third-order valence-corrected chi connectivity index (χ3v) is 3.04. The largest absolute Gasteiger partial charge is 0.433 e. The first-order valence-electron chi connectivity index (χ1n) is 5.97. The Morgan fingerprint density at radius 3 is 2.48 bits per heavy atom. The van der Waals surface area contributed by atoms with E-state index in [-0.39, 0.29) is 16.3 Å². The second-order valence-corrected chi connectivity index (χ2v) is 4.71. The van der Waals surface area contributed by atoms with Crippen LogP contribution in [0.5, 0.6) is 0 Å². The van der Waals surface area contributed by atoms with Crippen molar-refractivity contribution in [3.63, 3.8) is 0 Å². The maximum atomic E-state index is 12.4. The maximum absolute atomic E-state index is 12.4. The predicted molar refractivity (Wildman–Crippen MR) is 75.3 cm³/mol. The van der Waals surface area contributed by atoms with Crippen molar-refractivity contribution in [1.29, 1.82) is 0 Å². The van der Waals surface area contributed by atoms with Crippen molar-refractivity contribution in [3.8, 4) is 0 Å². The topological polar surface area (TPSA) is 85.1 Å². The number of nitro groups is 1. The number of alkyl halides is 3. The predicted octanol–water partition coefficient (Wildman–Crippen LogP) is 3.91. The normalized spacial score (nSPS) is 11.1. The van der Waals surface area contributed by atoms with E-state index in [1.807, 2.05) is 0 Å². The summed E-state index contributed by atoms with van der Waals surface area (Å²) in [7, 11) is 0. The van der Waals surface area contributed by atoms with Crippen LogP contribution in [0, 0.1) is 10.1 Å². The minimum atomic E-state index is -4.61. The van der Waals surface area contributed by atoms with Gasteiger partial charge in [-0.25, -0.2) is 0 Å². The van der Waals surface area contributed by atoms with E-state index < -0.39 is 28.4 Å². The highest BCUT2D eigenvalue weighted by molar-refractivity contribution is 6.32. The van der Waals surface area contributed by atoms with Crippen LogP contribution < -0.4 is 5.32 Å². The Bertz CT molecular complexity index is 763. The molecule has 1 heterocycles. The van der Waals surface area contributed by atoms with Crippen molar-refractivity contribution < 1.29 is 22.9 Å². The second kappa shape index (κ2) is 6.21. The standard InChI is InChI=1S/C13H7ClF3N3O3/c14-9-3-2-8(5-10(9)20(22)23)19-12(21)7-1-4-11(18-6-7)13(15,16)17/h1-6H,(H,19,21). The van der Waals surface area contributed by atoms with Crippen molar-refractivity contribution >= 4 is 28.9 Å². The molecule has 1 amide bonds. The third-order valence-electron chi connectivity index (χ3n) is 2.72. The van der Waals surface area contributed by atoms with Crippen LogP contribution in [0.15, 0.2) is 36.5 Å². The molecule has 2 aromatic rings. The van der Waals surface area contributed by atoms with Gasteiger partial charge in [0.05, 0.1) is 10.5 Å². The average Bonchev–Trinajstić information content (AvgIpc) is 2.48. The van der Waals surface area contributed by atoms with E-state index >= 15 is 0 Å². The zero-order chi connectivity index (χ0) is 17.2. The molecule has 10 heteroatoms. The highest BCUT2D eigenvalue weighted by Gasteiger charge is 2.32. The zero-order valence-corrected chi connectivity index (χ0v) is 11.9. The van der Waals surface area contributed by atoms with Crippen LogP contribution >= 0.6 is 11.6 Å². The molecule has 0 fully saturated rings. The summed E-state index contributed by atoms with van der Waals surface area (Å²) in [5.74, 6) is -0.761. The van der Waals surface area contributed by atoms with Crippen molar-refractivity contribution in [1.82, 2.24) is 4.98 Å². The fourth-order valence-corrected chi connectivity index (χ4v) is 1.82. The van der Waals surface area contributed by atoms with Gasteiger partial charge in [-0.2, -0.15) is 13.2 Å². The first-order valence-corrected chi connectivity index (χ1v) is 6.35. The van der Waals surface area contributed by atoms with Gasteiger partial charge in [0.1, 0.15) is 10.7 Å². The molecule has 0 aliphatic rings. The van der Waals surface area contributed by atoms with Gasteiger partial charge < -0.3 is 5.32 Å². The Kier molecular flexibility index (Phi) is 4.50. The van der Waals surface area contributed by atoms with Gasteiger partial charge in [-0.1, -0.05) is 11.6 Å². The molecule has 0 atom stereocenters. The van der Waals surface area contributed by atoms with E-state index in [2.05, 4.69) is 10.3 Å². The molecule has 0 spiro atoms. The number of pyridine rings is 1. The molecule has 0 radical (unpaired) electrons. The van der Waals surface area contributed by atoms with Gasteiger partial charge in [-0.05, 0) is 24.3 Å². The number of carbonyl (C=O) groups excluding carboxylic acids is 1. The molecular weight excluding hydrogens is 339 g/mol. The van der Waals surface area contributed by atoms with E-state index in [0.717, 1.165) is 18.3 Å². The number of carbonyl (C=O) groups is 1. The second-order valence-electron chi connectivity index (χ2n) is 4.31. The first-order chi connectivity index (χ1) is 10.7. The Balaban J connectivity index is 2.19. The van der Waals surface area contributed by atoms with E-state index in [1.54, 1.807) is 0 Å². The minimum absolute atomic E-state index is 0.0750. The molecule has 0 unspecified atom stereocenters. The fourth-order valence-electron chi connectivity index (χ4n) is 1.63. The molecule has 0 saturated heterocycles. The molecule has 1 N–H and O–H groups in total. The number of nitro benzene ring substituents is 1. The van der Waals surface area contributed by atoms with Crippen molar-refractivity contribution in [3.05, 3.63) is 62.9 Å². The summed E-state index contributed by atoms with van der Waals surface area (Å²) in [4.78, 5) is 25.1. The SMILES string of the molecule is O=C(Nc1ccc(Cl)c([N+](=O)[O-])c1)c1ccc(C(F)(F)F)nc1. The Labute approximate surface area is 132 Å². The lowest BCUT2D eigenvalue weighted by Gasteiger charge is -2.08. The molecule has 23 heavy (non-hydrogen) atoms. The highest BCUT2D eigenvalue weighted by Crippen LogP contribution is 2.28. The summed E-state index contributed by atoms with van der Waals surface area (Å²) in [5, 5.41) is 13.0. The van der Waals surface area contributed by atoms with Gasteiger partial charge >= 0.3 is 6.18 Å². The number of nitrogens with zero attached hydrogens (tertiary/aromatic N) is 2. The Hall–Kier alpha value is -2.68. The van der Waals surface area contributed by atoms with Crippen LogP contribution in [0.25, 0.3) is 0 Å². The van der Waals surface area contributed by atoms with Gasteiger partial charge in [0.2, 0.25) is 0 Å². The number of halogens is 4. The number of amides is 1. The van der Waals surface area contributed by atoms with Crippen LogP contribution in [0.3, 0.4) is 0 Å². The smallest absolute Gasteiger partial charge is 0.322 e. The molecule has 0 aliphatic carbocycles. The first kappa shape index (κ1) is 16.7. The number of nitrogens with one attached hydrogen (secondary N) is 1. The summed E-state index contributed by atoms with van der Waals surface area (Å²) in [6.45, 7) is 0. The van der Waals surface area contributed by atoms with Gasteiger partial charge in [0.15, 0.2) is 0 Å². The van der Waals surface area contributed by atoms with E-state index in [1.165, 1.54) is 12.1 Å². The number of anilines is 1. The molecule has 0 bridgehead atoms. The number of rotatable bonds is 3. The molecule has 2 rings (SSSR count). The average molecular weight is 346 g/mol. The molecular formula is C13H7ClF3N3O3. The van der Waals surface area contributed by atoms with Gasteiger partial charge in [-0.15, -0.1) is 0 Å². The van der Waals surface area contributed by atoms with Crippen LogP contribution in [0.1, 0.15) is 16.1 Å². The highest BCUT2D eigenvalue weighted by atomic mass is 35.5. The van der Waals surface area contributed by atoms with Crippen molar-refractivity contribution in [2.75, 3.05) is 5.32 Å². The lowest BCUT2D eigenvalue weighted by atomic mass is 10.2. The number of aromatic nitrogens is 1. The summed E-state index contributed by atoms with van der Waals surface area (Å²) < 4.78 is 37.2. The van der Waals surface area contributed by atoms with Gasteiger partial charge in [-0.3, -0.25) is 19.9 Å². The Morgan fingerprint density at radius 1 is 1.26 bits per heavy atom. The maximum Gasteiger partial charge on any atom is 0.433 e. The lowest BCUT2D eigenvalue weighted by molar-refractivity contribution is -0.384. The summed E-state index contributed by atoms with van der Waals surface area (Å²) in [6.07, 6.45) is -3.84. The molecule has 1 aromatic heterocycles. The third kappa shape index (κ3) is 3.95. The van der Waals surface area contributed by atoms with Crippen molar-refractivity contribution in [2.24, 2.45) is 0 Å². The van der Waals surface area contributed by atoms with Crippen LogP contribution in [0.4, 0.5) is 24.5 Å². The van der Waals surface area contributed by atoms with Gasteiger partial charge in [0.25, 0.3) is 11.6 Å². The Morgan fingerprint density at radius 2 is 1.96 bits per heavy atom. The monoisotopic (exact) mass is 345 g/mol. The molecule has 120 valence electrons. The number of hydrogen-bond donors (Lipinski definition) is 1. The van der Waals surface area contributed by atoms with Gasteiger partial charge in [0, 0.05) is 18.0 Å². The summed E-state index contributed by atoms with van der Waals surface area (Å²) >= 11 is 5.63. The van der Waals surface area contributed by atoms with Crippen molar-refractivity contribution in [2.45, 2.75) is 6.18 Å². The summed E-state index contributed by atoms with van der Waals surface area (Å²) in [5.41, 5.74) is -1.59. The minimum Gasteiger partial charge on any atom is -0.322 e.